The van der Waals surface area contributed by atoms with Crippen LogP contribution in [0.15, 0.2) is 12.3 Å². The van der Waals surface area contributed by atoms with Crippen molar-refractivity contribution >= 4 is 0 Å². The summed E-state index contributed by atoms with van der Waals surface area (Å²) in [4.78, 5) is 0. The molecule has 0 fully saturated rings. The summed E-state index contributed by atoms with van der Waals surface area (Å²) in [5, 5.41) is 12.0. The van der Waals surface area contributed by atoms with E-state index in [4.69, 9.17) is 5.11 Å². The summed E-state index contributed by atoms with van der Waals surface area (Å²) in [5.41, 5.74) is 0. The number of hydrogen-bond acceptors (Lipinski definition) is 2. The molecule has 0 heterocycles. The Labute approximate surface area is 209 Å². The Hall–Kier alpha value is -0.500. The molecule has 198 valence electrons. The third-order valence-corrected chi connectivity index (χ3v) is 6.93. The zero-order chi connectivity index (χ0) is 24.1. The molecule has 0 spiro atoms. The van der Waals surface area contributed by atoms with Crippen LogP contribution in [0.2, 0.25) is 0 Å². The summed E-state index contributed by atoms with van der Waals surface area (Å²) >= 11 is 0. The number of aliphatic hydroxyl groups excluding tert-OH is 1. The minimum absolute atomic E-state index is 0.440. The van der Waals surface area contributed by atoms with Crippen molar-refractivity contribution in [3.8, 4) is 0 Å². The number of nitrogens with one attached hydrogen (secondary N) is 1. The maximum atomic E-state index is 9.09. The fourth-order valence-corrected chi connectivity index (χ4v) is 4.69. The molecule has 1 atom stereocenters. The van der Waals surface area contributed by atoms with Crippen molar-refractivity contribution in [1.82, 2.24) is 5.32 Å². The van der Waals surface area contributed by atoms with Crippen LogP contribution in [0.1, 0.15) is 181 Å². The van der Waals surface area contributed by atoms with E-state index in [1.165, 1.54) is 161 Å². The van der Waals surface area contributed by atoms with Gasteiger partial charge in [-0.05, 0) is 26.0 Å². The van der Waals surface area contributed by atoms with Crippen molar-refractivity contribution in [2.45, 2.75) is 187 Å². The molecule has 2 nitrogen and oxygen atoms in total. The van der Waals surface area contributed by atoms with E-state index >= 15 is 0 Å². The van der Waals surface area contributed by atoms with Crippen LogP contribution in [0.5, 0.6) is 0 Å². The number of hydrogen-bond donors (Lipinski definition) is 2. The fourth-order valence-electron chi connectivity index (χ4n) is 4.69. The first-order valence-corrected chi connectivity index (χ1v) is 15.4. The first-order valence-electron chi connectivity index (χ1n) is 15.4. The molecule has 0 aliphatic heterocycles. The molecule has 0 aliphatic carbocycles. The number of unbranched alkanes of at least 4 members (excludes halogenated alkanes) is 25. The average Bonchev–Trinajstić information content (AvgIpc) is 2.80. The van der Waals surface area contributed by atoms with Crippen molar-refractivity contribution in [2.24, 2.45) is 0 Å². The van der Waals surface area contributed by atoms with Crippen LogP contribution < -0.4 is 5.32 Å². The van der Waals surface area contributed by atoms with Gasteiger partial charge in [-0.2, -0.15) is 0 Å². The molecule has 0 radical (unpaired) electrons. The molecule has 33 heavy (non-hydrogen) atoms. The van der Waals surface area contributed by atoms with Crippen molar-refractivity contribution in [2.75, 3.05) is 0 Å². The van der Waals surface area contributed by atoms with E-state index in [0.29, 0.717) is 0 Å². The van der Waals surface area contributed by atoms with Gasteiger partial charge in [-0.25, -0.2) is 0 Å². The second kappa shape index (κ2) is 29.5. The normalized spacial score (nSPS) is 12.6. The number of allylic oxidation sites excluding steroid dienone is 1. The van der Waals surface area contributed by atoms with Crippen molar-refractivity contribution < 1.29 is 5.11 Å². The molecule has 0 aromatic rings. The summed E-state index contributed by atoms with van der Waals surface area (Å²) in [6.07, 6.45) is 40.8. The lowest BCUT2D eigenvalue weighted by Gasteiger charge is -2.04. The number of rotatable bonds is 28. The molecule has 1 unspecified atom stereocenters. The Bertz CT molecular complexity index is 366. The molecule has 0 bridgehead atoms. The highest BCUT2D eigenvalue weighted by atomic mass is 16.3. The average molecular weight is 466 g/mol. The number of aliphatic hydroxyl groups is 1. The van der Waals surface area contributed by atoms with E-state index in [1.54, 1.807) is 6.92 Å². The molecular weight excluding hydrogens is 402 g/mol. The molecule has 0 rings (SSSR count). The zero-order valence-electron chi connectivity index (χ0n) is 23.1. The quantitative estimate of drug-likeness (QED) is 0.0889. The molecule has 0 aromatic heterocycles. The molecule has 2 N–H and O–H groups in total. The van der Waals surface area contributed by atoms with Crippen molar-refractivity contribution in [1.29, 1.82) is 0 Å². The highest BCUT2D eigenvalue weighted by molar-refractivity contribution is 4.79. The lowest BCUT2D eigenvalue weighted by atomic mass is 10.0. The summed E-state index contributed by atoms with van der Waals surface area (Å²) in [5.74, 6) is 0. The Morgan fingerprint density at radius 1 is 0.485 bits per heavy atom. The van der Waals surface area contributed by atoms with Crippen molar-refractivity contribution in [3.63, 3.8) is 0 Å². The van der Waals surface area contributed by atoms with Crippen LogP contribution in [-0.2, 0) is 0 Å². The fraction of sp³-hybridized carbons (Fsp3) is 0.935. The second-order valence-electron chi connectivity index (χ2n) is 10.5. The SMILES string of the molecule is CCCCCCCCCCCCCCCCCCCCCCCCCCCC=CNC(C)O. The van der Waals surface area contributed by atoms with E-state index in [2.05, 4.69) is 18.3 Å². The van der Waals surface area contributed by atoms with Crippen LogP contribution in [0.3, 0.4) is 0 Å². The molecule has 2 heteroatoms. The Morgan fingerprint density at radius 2 is 0.758 bits per heavy atom. The largest absolute Gasteiger partial charge is 0.374 e. The van der Waals surface area contributed by atoms with Crippen LogP contribution in [0.4, 0.5) is 0 Å². The summed E-state index contributed by atoms with van der Waals surface area (Å²) in [6, 6.07) is 0. The van der Waals surface area contributed by atoms with Gasteiger partial charge in [0.25, 0.3) is 0 Å². The molecule has 0 aromatic carbocycles. The smallest absolute Gasteiger partial charge is 0.121 e. The Morgan fingerprint density at radius 3 is 1.03 bits per heavy atom. The lowest BCUT2D eigenvalue weighted by molar-refractivity contribution is 0.173. The molecule has 0 saturated carbocycles. The minimum atomic E-state index is -0.440. The minimum Gasteiger partial charge on any atom is -0.374 e. The van der Waals surface area contributed by atoms with Gasteiger partial charge in [0.05, 0.1) is 0 Å². The van der Waals surface area contributed by atoms with Gasteiger partial charge < -0.3 is 10.4 Å². The Kier molecular flexibility index (Phi) is 29.1. The zero-order valence-corrected chi connectivity index (χ0v) is 23.1. The van der Waals surface area contributed by atoms with Gasteiger partial charge >= 0.3 is 0 Å². The van der Waals surface area contributed by atoms with E-state index in [-0.39, 0.29) is 0 Å². The van der Waals surface area contributed by atoms with Gasteiger partial charge in [-0.1, -0.05) is 167 Å². The van der Waals surface area contributed by atoms with Crippen LogP contribution in [0.25, 0.3) is 0 Å². The molecule has 0 saturated heterocycles. The lowest BCUT2D eigenvalue weighted by Crippen LogP contribution is -2.18. The predicted octanol–water partition coefficient (Wildman–Crippen LogP) is 10.6. The topological polar surface area (TPSA) is 32.3 Å². The maximum Gasteiger partial charge on any atom is 0.121 e. The summed E-state index contributed by atoms with van der Waals surface area (Å²) in [6.45, 7) is 4.04. The maximum absolute atomic E-state index is 9.09. The van der Waals surface area contributed by atoms with Crippen LogP contribution >= 0.6 is 0 Å². The highest BCUT2D eigenvalue weighted by Gasteiger charge is 1.96. The first-order chi connectivity index (χ1) is 16.3. The third kappa shape index (κ3) is 31.5. The van der Waals surface area contributed by atoms with E-state index in [1.807, 2.05) is 6.20 Å². The molecule has 0 amide bonds. The summed E-state index contributed by atoms with van der Waals surface area (Å²) in [7, 11) is 0. The predicted molar refractivity (Wildman–Crippen MR) is 150 cm³/mol. The molecule has 0 aliphatic rings. The van der Waals surface area contributed by atoms with Gasteiger partial charge in [0.2, 0.25) is 0 Å². The highest BCUT2D eigenvalue weighted by Crippen LogP contribution is 2.15. The first kappa shape index (κ1) is 32.5. The van der Waals surface area contributed by atoms with Crippen LogP contribution in [-0.4, -0.2) is 11.3 Å². The monoisotopic (exact) mass is 465 g/mol. The van der Waals surface area contributed by atoms with E-state index in [0.717, 1.165) is 6.42 Å². The second-order valence-corrected chi connectivity index (χ2v) is 10.5. The summed E-state index contributed by atoms with van der Waals surface area (Å²) < 4.78 is 0. The van der Waals surface area contributed by atoms with E-state index < -0.39 is 6.23 Å². The van der Waals surface area contributed by atoms with Gasteiger partial charge in [0.15, 0.2) is 0 Å². The van der Waals surface area contributed by atoms with Gasteiger partial charge in [0.1, 0.15) is 6.23 Å². The van der Waals surface area contributed by atoms with Gasteiger partial charge in [-0.3, -0.25) is 0 Å². The van der Waals surface area contributed by atoms with Gasteiger partial charge in [-0.15, -0.1) is 0 Å². The van der Waals surface area contributed by atoms with Crippen LogP contribution in [0, 0.1) is 0 Å². The Balaban J connectivity index is 3.03. The third-order valence-electron chi connectivity index (χ3n) is 6.93. The van der Waals surface area contributed by atoms with Gasteiger partial charge in [0, 0.05) is 0 Å². The standard InChI is InChI=1S/C31H63NO/c1-3-4-5-6-7-8-9-10-11-12-13-14-15-16-17-18-19-20-21-22-23-24-25-26-27-28-29-30-32-31(2)33/h29-33H,3-28H2,1-2H3. The molecular formula is C31H63NO. The van der Waals surface area contributed by atoms with Crippen molar-refractivity contribution in [3.05, 3.63) is 12.3 Å². The van der Waals surface area contributed by atoms with E-state index in [9.17, 15) is 0 Å².